The molecule has 1 heterocycles. The molecular formula is C23H25N3O4S2. The van der Waals surface area contributed by atoms with Crippen LogP contribution in [0.5, 0.6) is 17.2 Å². The van der Waals surface area contributed by atoms with Gasteiger partial charge in [-0.05, 0) is 56.5 Å². The molecule has 0 saturated carbocycles. The van der Waals surface area contributed by atoms with E-state index < -0.39 is 0 Å². The summed E-state index contributed by atoms with van der Waals surface area (Å²) in [5.74, 6) is 1.94. The Hall–Kier alpha value is -3.04. The van der Waals surface area contributed by atoms with Gasteiger partial charge < -0.3 is 14.8 Å². The average molecular weight is 472 g/mol. The zero-order valence-corrected chi connectivity index (χ0v) is 19.7. The lowest BCUT2D eigenvalue weighted by Crippen LogP contribution is -2.25. The predicted octanol–water partition coefficient (Wildman–Crippen LogP) is 5.07. The van der Waals surface area contributed by atoms with Crippen molar-refractivity contribution in [1.82, 2.24) is 10.3 Å². The standard InChI is InChI=1S/C23H25N3O4S2/c1-15(2)29-19-12-17(22(28)26-23-25-9-11-32-23)13-20(14-19)30-18-6-4-16(5-7-18)21(27)24-8-10-31-3/h4-7,9,11-15H,8,10H2,1-3H3,(H,24,27)(H,25,26,28). The van der Waals surface area contributed by atoms with Crippen molar-refractivity contribution in [3.8, 4) is 17.2 Å². The number of hydrogen-bond acceptors (Lipinski definition) is 7. The maximum atomic E-state index is 12.7. The number of carbonyl (C=O) groups excluding carboxylic acids is 2. The number of hydrogen-bond donors (Lipinski definition) is 2. The number of aromatic nitrogens is 1. The van der Waals surface area contributed by atoms with Crippen LogP contribution in [0.2, 0.25) is 0 Å². The average Bonchev–Trinajstić information content (AvgIpc) is 3.27. The smallest absolute Gasteiger partial charge is 0.257 e. The van der Waals surface area contributed by atoms with E-state index >= 15 is 0 Å². The van der Waals surface area contributed by atoms with Crippen LogP contribution in [-0.2, 0) is 0 Å². The number of amides is 2. The number of thioether (sulfide) groups is 1. The Bertz CT molecular complexity index is 1040. The Balaban J connectivity index is 1.75. The van der Waals surface area contributed by atoms with Crippen molar-refractivity contribution >= 4 is 40.0 Å². The lowest BCUT2D eigenvalue weighted by Gasteiger charge is -2.14. The number of ether oxygens (including phenoxy) is 2. The third kappa shape index (κ3) is 7.00. The molecule has 168 valence electrons. The Kier molecular flexibility index (Phi) is 8.52. The van der Waals surface area contributed by atoms with E-state index in [1.165, 1.54) is 11.3 Å². The normalized spacial score (nSPS) is 10.6. The van der Waals surface area contributed by atoms with E-state index in [2.05, 4.69) is 15.6 Å². The van der Waals surface area contributed by atoms with Gasteiger partial charge in [-0.1, -0.05) is 0 Å². The van der Waals surface area contributed by atoms with Crippen LogP contribution in [-0.4, -0.2) is 41.5 Å². The van der Waals surface area contributed by atoms with E-state index in [4.69, 9.17) is 9.47 Å². The number of anilines is 1. The van der Waals surface area contributed by atoms with Gasteiger partial charge in [-0.15, -0.1) is 11.3 Å². The molecule has 3 aromatic rings. The topological polar surface area (TPSA) is 89.5 Å². The summed E-state index contributed by atoms with van der Waals surface area (Å²) in [6.45, 7) is 4.43. The molecule has 1 aromatic heterocycles. The van der Waals surface area contributed by atoms with Gasteiger partial charge in [0.15, 0.2) is 5.13 Å². The SMILES string of the molecule is CSCCNC(=O)c1ccc(Oc2cc(OC(C)C)cc(C(=O)Nc3nccs3)c2)cc1. The highest BCUT2D eigenvalue weighted by atomic mass is 32.2. The molecule has 9 heteroatoms. The van der Waals surface area contributed by atoms with Gasteiger partial charge in [-0.25, -0.2) is 4.98 Å². The van der Waals surface area contributed by atoms with E-state index in [-0.39, 0.29) is 17.9 Å². The minimum atomic E-state index is -0.309. The summed E-state index contributed by atoms with van der Waals surface area (Å²) in [5, 5.41) is 7.93. The fourth-order valence-electron chi connectivity index (χ4n) is 2.74. The fraction of sp³-hybridized carbons (Fsp3) is 0.261. The van der Waals surface area contributed by atoms with Gasteiger partial charge in [0.25, 0.3) is 11.8 Å². The second kappa shape index (κ2) is 11.5. The molecule has 0 fully saturated rings. The Labute approximate surface area is 195 Å². The van der Waals surface area contributed by atoms with Crippen LogP contribution in [0.25, 0.3) is 0 Å². The summed E-state index contributed by atoms with van der Waals surface area (Å²) in [7, 11) is 0. The highest BCUT2D eigenvalue weighted by Crippen LogP contribution is 2.29. The van der Waals surface area contributed by atoms with Crippen LogP contribution < -0.4 is 20.1 Å². The van der Waals surface area contributed by atoms with Crippen LogP contribution in [0.15, 0.2) is 54.0 Å². The first-order valence-electron chi connectivity index (χ1n) is 10.0. The highest BCUT2D eigenvalue weighted by Gasteiger charge is 2.13. The summed E-state index contributed by atoms with van der Waals surface area (Å²) < 4.78 is 11.7. The van der Waals surface area contributed by atoms with Crippen molar-refractivity contribution in [3.05, 3.63) is 65.2 Å². The molecule has 2 aromatic carbocycles. The molecule has 2 N–H and O–H groups in total. The molecule has 0 aliphatic heterocycles. The fourth-order valence-corrected chi connectivity index (χ4v) is 3.57. The molecule has 0 atom stereocenters. The van der Waals surface area contributed by atoms with E-state index in [0.29, 0.717) is 40.1 Å². The summed E-state index contributed by atoms with van der Waals surface area (Å²) in [5.41, 5.74) is 0.942. The summed E-state index contributed by atoms with van der Waals surface area (Å²) in [4.78, 5) is 28.9. The third-order valence-electron chi connectivity index (χ3n) is 4.11. The van der Waals surface area contributed by atoms with Gasteiger partial charge in [0, 0.05) is 41.1 Å². The van der Waals surface area contributed by atoms with Gasteiger partial charge >= 0.3 is 0 Å². The van der Waals surface area contributed by atoms with Crippen LogP contribution in [0.3, 0.4) is 0 Å². The van der Waals surface area contributed by atoms with Gasteiger partial charge in [-0.2, -0.15) is 11.8 Å². The monoisotopic (exact) mass is 471 g/mol. The lowest BCUT2D eigenvalue weighted by atomic mass is 10.1. The Morgan fingerprint density at radius 3 is 2.44 bits per heavy atom. The molecule has 0 bridgehead atoms. The van der Waals surface area contributed by atoms with Crippen molar-refractivity contribution in [2.24, 2.45) is 0 Å². The molecule has 3 rings (SSSR count). The number of carbonyl (C=O) groups is 2. The second-order valence-corrected chi connectivity index (χ2v) is 8.91. The van der Waals surface area contributed by atoms with Crippen molar-refractivity contribution in [2.75, 3.05) is 23.9 Å². The first-order chi connectivity index (χ1) is 15.4. The molecule has 32 heavy (non-hydrogen) atoms. The van der Waals surface area contributed by atoms with Crippen LogP contribution in [0, 0.1) is 0 Å². The molecule has 0 unspecified atom stereocenters. The second-order valence-electron chi connectivity index (χ2n) is 7.03. The largest absolute Gasteiger partial charge is 0.491 e. The van der Waals surface area contributed by atoms with E-state index in [1.54, 1.807) is 65.8 Å². The Morgan fingerprint density at radius 1 is 1.03 bits per heavy atom. The molecule has 2 amide bonds. The number of benzene rings is 2. The predicted molar refractivity (Wildman–Crippen MR) is 130 cm³/mol. The van der Waals surface area contributed by atoms with Crippen LogP contribution >= 0.6 is 23.1 Å². The molecule has 0 aliphatic carbocycles. The molecular weight excluding hydrogens is 446 g/mol. The van der Waals surface area contributed by atoms with E-state index in [0.717, 1.165) is 5.75 Å². The molecule has 0 saturated heterocycles. The van der Waals surface area contributed by atoms with E-state index in [9.17, 15) is 9.59 Å². The van der Waals surface area contributed by atoms with Crippen molar-refractivity contribution < 1.29 is 19.1 Å². The van der Waals surface area contributed by atoms with Crippen molar-refractivity contribution in [1.29, 1.82) is 0 Å². The number of nitrogens with one attached hydrogen (secondary N) is 2. The zero-order chi connectivity index (χ0) is 22.9. The van der Waals surface area contributed by atoms with Gasteiger partial charge in [0.2, 0.25) is 0 Å². The van der Waals surface area contributed by atoms with Gasteiger partial charge in [-0.3, -0.25) is 14.9 Å². The van der Waals surface area contributed by atoms with Gasteiger partial charge in [0.05, 0.1) is 6.10 Å². The first-order valence-corrected chi connectivity index (χ1v) is 12.3. The highest BCUT2D eigenvalue weighted by molar-refractivity contribution is 7.98. The van der Waals surface area contributed by atoms with Crippen LogP contribution in [0.4, 0.5) is 5.13 Å². The third-order valence-corrected chi connectivity index (χ3v) is 5.41. The lowest BCUT2D eigenvalue weighted by molar-refractivity contribution is 0.0955. The molecule has 0 radical (unpaired) electrons. The first kappa shape index (κ1) is 23.6. The van der Waals surface area contributed by atoms with Crippen molar-refractivity contribution in [3.63, 3.8) is 0 Å². The van der Waals surface area contributed by atoms with Gasteiger partial charge in [0.1, 0.15) is 17.2 Å². The quantitative estimate of drug-likeness (QED) is 0.402. The van der Waals surface area contributed by atoms with E-state index in [1.807, 2.05) is 20.1 Å². The summed E-state index contributed by atoms with van der Waals surface area (Å²) in [6.07, 6.45) is 3.55. The van der Waals surface area contributed by atoms with Crippen LogP contribution in [0.1, 0.15) is 34.6 Å². The number of rotatable bonds is 10. The number of thiazole rings is 1. The minimum Gasteiger partial charge on any atom is -0.491 e. The molecule has 7 nitrogen and oxygen atoms in total. The maximum Gasteiger partial charge on any atom is 0.257 e. The molecule has 0 aliphatic rings. The Morgan fingerprint density at radius 2 is 1.78 bits per heavy atom. The maximum absolute atomic E-state index is 12.7. The zero-order valence-electron chi connectivity index (χ0n) is 18.1. The van der Waals surface area contributed by atoms with Crippen molar-refractivity contribution in [2.45, 2.75) is 20.0 Å². The summed E-state index contributed by atoms with van der Waals surface area (Å²) in [6, 6.07) is 11.9. The number of nitrogens with zero attached hydrogens (tertiary/aromatic N) is 1. The molecule has 0 spiro atoms. The summed E-state index contributed by atoms with van der Waals surface area (Å²) >= 11 is 3.01. The minimum absolute atomic E-state index is 0.0657.